The Morgan fingerprint density at radius 1 is 1.15 bits per heavy atom. The van der Waals surface area contributed by atoms with E-state index >= 15 is 0 Å². The predicted molar refractivity (Wildman–Crippen MR) is 74.7 cm³/mol. The highest BCUT2D eigenvalue weighted by Gasteiger charge is 2.27. The van der Waals surface area contributed by atoms with E-state index in [4.69, 9.17) is 4.52 Å². The van der Waals surface area contributed by atoms with Crippen LogP contribution >= 0.6 is 0 Å². The lowest BCUT2D eigenvalue weighted by atomic mass is 9.98. The summed E-state index contributed by atoms with van der Waals surface area (Å²) in [5.74, 6) is 2.51. The van der Waals surface area contributed by atoms with Crippen molar-refractivity contribution in [1.29, 1.82) is 0 Å². The van der Waals surface area contributed by atoms with E-state index in [2.05, 4.69) is 25.0 Å². The first-order valence-electron chi connectivity index (χ1n) is 6.99. The van der Waals surface area contributed by atoms with Crippen molar-refractivity contribution in [2.45, 2.75) is 39.5 Å². The maximum absolute atomic E-state index is 5.31. The quantitative estimate of drug-likeness (QED) is 0.835. The van der Waals surface area contributed by atoms with Crippen LogP contribution in [-0.2, 0) is 0 Å². The summed E-state index contributed by atoms with van der Waals surface area (Å²) in [6.45, 7) is 7.67. The molecule has 0 aliphatic carbocycles. The summed E-state index contributed by atoms with van der Waals surface area (Å²) < 4.78 is 5.31. The van der Waals surface area contributed by atoms with E-state index in [1.165, 1.54) is 0 Å². The van der Waals surface area contributed by atoms with Gasteiger partial charge in [-0.05, 0) is 39.7 Å². The first-order valence-corrected chi connectivity index (χ1v) is 6.99. The monoisotopic (exact) mass is 273 g/mol. The van der Waals surface area contributed by atoms with Crippen molar-refractivity contribution in [2.24, 2.45) is 0 Å². The largest absolute Gasteiger partial charge is 0.340 e. The summed E-state index contributed by atoms with van der Waals surface area (Å²) in [5.41, 5.74) is 2.01. The van der Waals surface area contributed by atoms with Crippen LogP contribution in [0, 0.1) is 20.8 Å². The summed E-state index contributed by atoms with van der Waals surface area (Å²) >= 11 is 0. The Bertz CT molecular complexity index is 589. The SMILES string of the molecule is Cc1cc(C)nc(N2CCC[C@@H](c3nc(C)no3)C2)n1. The van der Waals surface area contributed by atoms with E-state index in [1.807, 2.05) is 26.8 Å². The number of hydrogen-bond acceptors (Lipinski definition) is 6. The van der Waals surface area contributed by atoms with Gasteiger partial charge in [0.2, 0.25) is 11.8 Å². The highest BCUT2D eigenvalue weighted by molar-refractivity contribution is 5.33. The molecular formula is C14H19N5O. The second kappa shape index (κ2) is 5.19. The van der Waals surface area contributed by atoms with Crippen molar-refractivity contribution in [3.05, 3.63) is 29.2 Å². The van der Waals surface area contributed by atoms with E-state index in [1.54, 1.807) is 0 Å². The van der Waals surface area contributed by atoms with Crippen LogP contribution in [0.4, 0.5) is 5.95 Å². The summed E-state index contributed by atoms with van der Waals surface area (Å²) in [4.78, 5) is 15.6. The number of hydrogen-bond donors (Lipinski definition) is 0. The molecule has 2 aromatic heterocycles. The van der Waals surface area contributed by atoms with Gasteiger partial charge < -0.3 is 9.42 Å². The predicted octanol–water partition coefficient (Wildman–Crippen LogP) is 2.17. The number of nitrogens with zero attached hydrogens (tertiary/aromatic N) is 5. The zero-order valence-corrected chi connectivity index (χ0v) is 12.1. The van der Waals surface area contributed by atoms with Crippen LogP contribution in [0.25, 0.3) is 0 Å². The number of aryl methyl sites for hydroxylation is 3. The van der Waals surface area contributed by atoms with Crippen LogP contribution in [0.1, 0.15) is 41.9 Å². The van der Waals surface area contributed by atoms with Crippen LogP contribution < -0.4 is 4.90 Å². The molecule has 0 amide bonds. The highest BCUT2D eigenvalue weighted by Crippen LogP contribution is 2.27. The van der Waals surface area contributed by atoms with Gasteiger partial charge in [-0.1, -0.05) is 5.16 Å². The van der Waals surface area contributed by atoms with Crippen LogP contribution in [0.3, 0.4) is 0 Å². The maximum Gasteiger partial charge on any atom is 0.231 e. The van der Waals surface area contributed by atoms with Crippen LogP contribution in [0.15, 0.2) is 10.6 Å². The molecule has 2 aromatic rings. The van der Waals surface area contributed by atoms with Gasteiger partial charge in [0.1, 0.15) is 0 Å². The molecule has 6 heteroatoms. The highest BCUT2D eigenvalue weighted by atomic mass is 16.5. The summed E-state index contributed by atoms with van der Waals surface area (Å²) in [6.07, 6.45) is 2.16. The van der Waals surface area contributed by atoms with Crippen LogP contribution in [0.5, 0.6) is 0 Å². The summed E-state index contributed by atoms with van der Waals surface area (Å²) in [7, 11) is 0. The molecule has 1 aliphatic heterocycles. The molecule has 0 aromatic carbocycles. The number of rotatable bonds is 2. The van der Waals surface area contributed by atoms with E-state index in [9.17, 15) is 0 Å². The molecule has 0 spiro atoms. The second-order valence-electron chi connectivity index (χ2n) is 5.42. The third-order valence-corrected chi connectivity index (χ3v) is 3.57. The summed E-state index contributed by atoms with van der Waals surface area (Å²) in [6, 6.07) is 1.99. The van der Waals surface area contributed by atoms with Gasteiger partial charge in [-0.2, -0.15) is 4.98 Å². The number of anilines is 1. The third kappa shape index (κ3) is 2.64. The van der Waals surface area contributed by atoms with Crippen LogP contribution in [0.2, 0.25) is 0 Å². The molecule has 1 aliphatic rings. The van der Waals surface area contributed by atoms with Crippen molar-refractivity contribution < 1.29 is 4.52 Å². The van der Waals surface area contributed by atoms with Crippen molar-refractivity contribution in [1.82, 2.24) is 20.1 Å². The van der Waals surface area contributed by atoms with Gasteiger partial charge in [-0.25, -0.2) is 9.97 Å². The topological polar surface area (TPSA) is 67.9 Å². The first kappa shape index (κ1) is 13.0. The zero-order chi connectivity index (χ0) is 14.1. The fraction of sp³-hybridized carbons (Fsp3) is 0.571. The van der Waals surface area contributed by atoms with Gasteiger partial charge in [-0.15, -0.1) is 0 Å². The Morgan fingerprint density at radius 3 is 2.55 bits per heavy atom. The molecule has 3 heterocycles. The van der Waals surface area contributed by atoms with E-state index < -0.39 is 0 Å². The van der Waals surface area contributed by atoms with Gasteiger partial charge in [0.15, 0.2) is 5.82 Å². The lowest BCUT2D eigenvalue weighted by Gasteiger charge is -2.31. The fourth-order valence-corrected chi connectivity index (χ4v) is 2.69. The van der Waals surface area contributed by atoms with Gasteiger partial charge in [0, 0.05) is 24.5 Å². The lowest BCUT2D eigenvalue weighted by Crippen LogP contribution is -2.35. The molecule has 3 rings (SSSR count). The molecule has 0 bridgehead atoms. The second-order valence-corrected chi connectivity index (χ2v) is 5.42. The molecule has 20 heavy (non-hydrogen) atoms. The van der Waals surface area contributed by atoms with Gasteiger partial charge >= 0.3 is 0 Å². The number of aromatic nitrogens is 4. The lowest BCUT2D eigenvalue weighted by molar-refractivity contribution is 0.330. The Balaban J connectivity index is 1.81. The fourth-order valence-electron chi connectivity index (χ4n) is 2.69. The molecule has 1 atom stereocenters. The normalized spacial score (nSPS) is 19.4. The molecule has 6 nitrogen and oxygen atoms in total. The van der Waals surface area contributed by atoms with Crippen molar-refractivity contribution in [2.75, 3.05) is 18.0 Å². The smallest absolute Gasteiger partial charge is 0.231 e. The van der Waals surface area contributed by atoms with Crippen LogP contribution in [-0.4, -0.2) is 33.2 Å². The zero-order valence-electron chi connectivity index (χ0n) is 12.1. The molecule has 0 N–H and O–H groups in total. The summed E-state index contributed by atoms with van der Waals surface area (Å²) in [5, 5.41) is 3.88. The van der Waals surface area contributed by atoms with Gasteiger partial charge in [-0.3, -0.25) is 0 Å². The average Bonchev–Trinajstić information content (AvgIpc) is 2.85. The van der Waals surface area contributed by atoms with Crippen molar-refractivity contribution in [3.63, 3.8) is 0 Å². The minimum Gasteiger partial charge on any atom is -0.340 e. The molecule has 0 radical (unpaired) electrons. The standard InChI is InChI=1S/C14H19N5O/c1-9-7-10(2)16-14(15-9)19-6-4-5-12(8-19)13-17-11(3)18-20-13/h7,12H,4-6,8H2,1-3H3/t12-/m1/s1. The first-order chi connectivity index (χ1) is 9.61. The molecule has 106 valence electrons. The van der Waals surface area contributed by atoms with E-state index in [0.29, 0.717) is 5.82 Å². The Labute approximate surface area is 118 Å². The molecule has 1 fully saturated rings. The van der Waals surface area contributed by atoms with E-state index in [-0.39, 0.29) is 5.92 Å². The van der Waals surface area contributed by atoms with Gasteiger partial charge in [0.05, 0.1) is 5.92 Å². The van der Waals surface area contributed by atoms with Crippen molar-refractivity contribution >= 4 is 5.95 Å². The van der Waals surface area contributed by atoms with E-state index in [0.717, 1.165) is 49.2 Å². The Kier molecular flexibility index (Phi) is 3.38. The third-order valence-electron chi connectivity index (χ3n) is 3.57. The van der Waals surface area contributed by atoms with Crippen molar-refractivity contribution in [3.8, 4) is 0 Å². The maximum atomic E-state index is 5.31. The molecule has 0 saturated carbocycles. The minimum atomic E-state index is 0.273. The Hall–Kier alpha value is -1.98. The number of piperidine rings is 1. The average molecular weight is 273 g/mol. The Morgan fingerprint density at radius 2 is 1.90 bits per heavy atom. The molecule has 1 saturated heterocycles. The molecule has 0 unspecified atom stereocenters. The van der Waals surface area contributed by atoms with Gasteiger partial charge in [0.25, 0.3) is 0 Å². The molecular weight excluding hydrogens is 254 g/mol. The minimum absolute atomic E-state index is 0.273.